The molecule has 0 saturated carbocycles. The molecular weight excluding hydrogens is 425 g/mol. The van der Waals surface area contributed by atoms with Gasteiger partial charge in [-0.05, 0) is 27.8 Å². The van der Waals surface area contributed by atoms with Gasteiger partial charge >= 0.3 is 0 Å². The van der Waals surface area contributed by atoms with Gasteiger partial charge in [-0.1, -0.05) is 36.4 Å². The maximum absolute atomic E-state index is 5.73. The van der Waals surface area contributed by atoms with Gasteiger partial charge in [0.2, 0.25) is 0 Å². The molecule has 4 heteroatoms. The van der Waals surface area contributed by atoms with Crippen molar-refractivity contribution >= 4 is 21.5 Å². The standard InChI is InChI=1S/C21H26NO2.HI/c1-22(2,3)13-12-16-14-19(23-4)21(24-5)20-17-9-7-6-8-15(17)10-11-18(16)20;/h6-11,14H,12-13H2,1-5H3;1H/q+1;/p-1. The van der Waals surface area contributed by atoms with Crippen LogP contribution in [0.25, 0.3) is 21.5 Å². The van der Waals surface area contributed by atoms with Gasteiger partial charge < -0.3 is 37.9 Å². The third-order valence-corrected chi connectivity index (χ3v) is 4.51. The fraction of sp³-hybridized carbons (Fsp3) is 0.333. The molecule has 0 fully saturated rings. The molecule has 0 saturated heterocycles. The third-order valence-electron chi connectivity index (χ3n) is 4.51. The lowest BCUT2D eigenvalue weighted by Gasteiger charge is -2.24. The van der Waals surface area contributed by atoms with Gasteiger partial charge in [-0.25, -0.2) is 0 Å². The quantitative estimate of drug-likeness (QED) is 0.331. The van der Waals surface area contributed by atoms with Crippen LogP contribution >= 0.6 is 0 Å². The summed E-state index contributed by atoms with van der Waals surface area (Å²) in [6.45, 7) is 1.07. The number of hydrogen-bond acceptors (Lipinski definition) is 2. The Morgan fingerprint density at radius 3 is 2.24 bits per heavy atom. The SMILES string of the molecule is COc1cc(CC[N+](C)(C)C)c2ccc3ccccc3c2c1OC.[I-]. The molecule has 0 aliphatic heterocycles. The van der Waals surface area contributed by atoms with E-state index >= 15 is 0 Å². The Balaban J connectivity index is 0.00000225. The summed E-state index contributed by atoms with van der Waals surface area (Å²) in [6.07, 6.45) is 0.999. The van der Waals surface area contributed by atoms with Crippen LogP contribution in [0.5, 0.6) is 11.5 Å². The van der Waals surface area contributed by atoms with Crippen LogP contribution < -0.4 is 33.5 Å². The molecule has 0 aliphatic rings. The Morgan fingerprint density at radius 1 is 0.880 bits per heavy atom. The van der Waals surface area contributed by atoms with E-state index in [0.717, 1.165) is 34.3 Å². The summed E-state index contributed by atoms with van der Waals surface area (Å²) in [6, 6.07) is 15.0. The van der Waals surface area contributed by atoms with Crippen LogP contribution in [0.2, 0.25) is 0 Å². The second-order valence-electron chi connectivity index (χ2n) is 7.24. The number of benzene rings is 3. The molecule has 3 aromatic carbocycles. The van der Waals surface area contributed by atoms with E-state index < -0.39 is 0 Å². The smallest absolute Gasteiger partial charge is 0.169 e. The number of ether oxygens (including phenoxy) is 2. The first-order valence-corrected chi connectivity index (χ1v) is 8.30. The van der Waals surface area contributed by atoms with Crippen molar-refractivity contribution in [1.29, 1.82) is 0 Å². The highest BCUT2D eigenvalue weighted by atomic mass is 127. The monoisotopic (exact) mass is 451 g/mol. The molecule has 0 N–H and O–H groups in total. The van der Waals surface area contributed by atoms with Crippen LogP contribution in [0.15, 0.2) is 42.5 Å². The first-order valence-electron chi connectivity index (χ1n) is 8.30. The molecule has 3 rings (SSSR count). The van der Waals surface area contributed by atoms with E-state index in [9.17, 15) is 0 Å². The number of nitrogens with zero attached hydrogens (tertiary/aromatic N) is 1. The Bertz CT molecular complexity index is 884. The largest absolute Gasteiger partial charge is 1.00 e. The molecule has 0 atom stereocenters. The van der Waals surface area contributed by atoms with E-state index in [1.165, 1.54) is 21.7 Å². The first kappa shape index (κ1) is 19.8. The molecule has 134 valence electrons. The summed E-state index contributed by atoms with van der Waals surface area (Å²) in [4.78, 5) is 0. The lowest BCUT2D eigenvalue weighted by molar-refractivity contribution is -0.870. The maximum atomic E-state index is 5.73. The fourth-order valence-corrected chi connectivity index (χ4v) is 3.23. The Kier molecular flexibility index (Phi) is 6.16. The molecule has 3 aromatic rings. The highest BCUT2D eigenvalue weighted by molar-refractivity contribution is 6.12. The number of hydrogen-bond donors (Lipinski definition) is 0. The first-order chi connectivity index (χ1) is 11.4. The number of halogens is 1. The lowest BCUT2D eigenvalue weighted by Crippen LogP contribution is -3.00. The molecular formula is C21H26INO2. The number of rotatable bonds is 5. The summed E-state index contributed by atoms with van der Waals surface area (Å²) in [7, 11) is 10.1. The Hall–Kier alpha value is -1.53. The van der Waals surface area contributed by atoms with Gasteiger partial charge in [-0.15, -0.1) is 0 Å². The van der Waals surface area contributed by atoms with Crippen LogP contribution in [0.4, 0.5) is 0 Å². The zero-order chi connectivity index (χ0) is 17.3. The third kappa shape index (κ3) is 4.01. The van der Waals surface area contributed by atoms with Gasteiger partial charge in [0.05, 0.1) is 41.9 Å². The molecule has 0 spiro atoms. The molecule has 0 amide bonds. The predicted octanol–water partition coefficient (Wildman–Crippen LogP) is 1.26. The molecule has 0 unspecified atom stereocenters. The number of fused-ring (bicyclic) bond motifs is 3. The van der Waals surface area contributed by atoms with Crippen LogP contribution in [0.1, 0.15) is 5.56 Å². The van der Waals surface area contributed by atoms with E-state index in [0.29, 0.717) is 0 Å². The molecule has 25 heavy (non-hydrogen) atoms. The fourth-order valence-electron chi connectivity index (χ4n) is 3.23. The van der Waals surface area contributed by atoms with E-state index in [4.69, 9.17) is 9.47 Å². The van der Waals surface area contributed by atoms with Crippen LogP contribution in [0.3, 0.4) is 0 Å². The minimum atomic E-state index is 0. The lowest BCUT2D eigenvalue weighted by atomic mass is 9.95. The van der Waals surface area contributed by atoms with Crippen molar-refractivity contribution < 1.29 is 37.9 Å². The summed E-state index contributed by atoms with van der Waals surface area (Å²) in [5.74, 6) is 1.62. The summed E-state index contributed by atoms with van der Waals surface area (Å²) >= 11 is 0. The molecule has 0 heterocycles. The topological polar surface area (TPSA) is 18.5 Å². The number of quaternary nitrogens is 1. The van der Waals surface area contributed by atoms with E-state index in [1.807, 2.05) is 0 Å². The van der Waals surface area contributed by atoms with E-state index in [-0.39, 0.29) is 24.0 Å². The Labute approximate surface area is 167 Å². The normalized spacial score (nSPS) is 11.4. The molecule has 0 aliphatic carbocycles. The average molecular weight is 451 g/mol. The average Bonchev–Trinajstić information content (AvgIpc) is 2.57. The summed E-state index contributed by atoms with van der Waals surface area (Å²) < 4.78 is 12.3. The second-order valence-corrected chi connectivity index (χ2v) is 7.24. The van der Waals surface area contributed by atoms with Gasteiger partial charge in [0, 0.05) is 11.8 Å². The summed E-state index contributed by atoms with van der Waals surface area (Å²) in [5.41, 5.74) is 1.31. The van der Waals surface area contributed by atoms with Crippen molar-refractivity contribution in [3.8, 4) is 11.5 Å². The number of methoxy groups -OCH3 is 2. The van der Waals surface area contributed by atoms with Crippen molar-refractivity contribution in [1.82, 2.24) is 0 Å². The minimum absolute atomic E-state index is 0. The highest BCUT2D eigenvalue weighted by Crippen LogP contribution is 2.41. The predicted molar refractivity (Wildman–Crippen MR) is 101 cm³/mol. The van der Waals surface area contributed by atoms with Crippen LogP contribution in [-0.2, 0) is 6.42 Å². The van der Waals surface area contributed by atoms with Crippen molar-refractivity contribution in [2.45, 2.75) is 6.42 Å². The number of likely N-dealkylation sites (N-methyl/N-ethyl adjacent to an activating group) is 1. The second kappa shape index (κ2) is 7.79. The van der Waals surface area contributed by atoms with Crippen molar-refractivity contribution in [2.75, 3.05) is 41.9 Å². The highest BCUT2D eigenvalue weighted by Gasteiger charge is 2.17. The van der Waals surface area contributed by atoms with Gasteiger partial charge in [0.25, 0.3) is 0 Å². The van der Waals surface area contributed by atoms with Crippen LogP contribution in [-0.4, -0.2) is 46.4 Å². The molecule has 0 bridgehead atoms. The Morgan fingerprint density at radius 2 is 1.60 bits per heavy atom. The van der Waals surface area contributed by atoms with Crippen molar-refractivity contribution in [2.24, 2.45) is 0 Å². The zero-order valence-electron chi connectivity index (χ0n) is 15.6. The maximum Gasteiger partial charge on any atom is 0.169 e. The molecule has 3 nitrogen and oxygen atoms in total. The van der Waals surface area contributed by atoms with Gasteiger partial charge in [-0.3, -0.25) is 0 Å². The van der Waals surface area contributed by atoms with Crippen molar-refractivity contribution in [3.63, 3.8) is 0 Å². The van der Waals surface area contributed by atoms with Gasteiger partial charge in [0.15, 0.2) is 11.5 Å². The molecule has 0 radical (unpaired) electrons. The van der Waals surface area contributed by atoms with Crippen LogP contribution in [0, 0.1) is 0 Å². The van der Waals surface area contributed by atoms with E-state index in [2.05, 4.69) is 63.6 Å². The van der Waals surface area contributed by atoms with E-state index in [1.54, 1.807) is 14.2 Å². The molecule has 0 aromatic heterocycles. The zero-order valence-corrected chi connectivity index (χ0v) is 17.8. The van der Waals surface area contributed by atoms with Gasteiger partial charge in [-0.2, -0.15) is 0 Å². The summed E-state index contributed by atoms with van der Waals surface area (Å²) in [5, 5.41) is 4.82. The van der Waals surface area contributed by atoms with Gasteiger partial charge in [0.1, 0.15) is 0 Å². The minimum Gasteiger partial charge on any atom is -1.00 e. The van der Waals surface area contributed by atoms with Crippen molar-refractivity contribution in [3.05, 3.63) is 48.0 Å².